The molecule has 1 fully saturated rings. The average molecular weight is 626 g/mol. The summed E-state index contributed by atoms with van der Waals surface area (Å²) in [4.78, 5) is 37.4. The Morgan fingerprint density at radius 3 is 2.64 bits per heavy atom. The first-order valence-electron chi connectivity index (χ1n) is 15.5. The lowest BCUT2D eigenvalue weighted by Gasteiger charge is -2.39. The number of rotatable bonds is 10. The zero-order chi connectivity index (χ0) is 32.6. The van der Waals surface area contributed by atoms with Crippen molar-refractivity contribution in [2.45, 2.75) is 77.6 Å². The number of nitriles is 1. The van der Waals surface area contributed by atoms with E-state index >= 15 is 0 Å². The molecule has 1 radical (unpaired) electrons. The van der Waals surface area contributed by atoms with Crippen LogP contribution in [0.5, 0.6) is 0 Å². The van der Waals surface area contributed by atoms with Crippen LogP contribution in [0.4, 0.5) is 17.5 Å². The fraction of sp³-hybridized carbons (Fsp3) is 0.500. The topological polar surface area (TPSA) is 129 Å². The van der Waals surface area contributed by atoms with Crippen LogP contribution in [0.15, 0.2) is 30.5 Å². The van der Waals surface area contributed by atoms with Gasteiger partial charge in [0.25, 0.3) is 0 Å². The van der Waals surface area contributed by atoms with E-state index in [9.17, 15) is 14.9 Å². The number of fused-ring (bicyclic) bond motifs is 1. The Morgan fingerprint density at radius 2 is 1.98 bits per heavy atom. The second kappa shape index (κ2) is 12.4. The Morgan fingerprint density at radius 1 is 1.24 bits per heavy atom. The van der Waals surface area contributed by atoms with Gasteiger partial charge >= 0.3 is 7.41 Å². The van der Waals surface area contributed by atoms with Crippen LogP contribution in [0.1, 0.15) is 57.4 Å². The van der Waals surface area contributed by atoms with Gasteiger partial charge in [0.1, 0.15) is 24.6 Å². The maximum Gasteiger partial charge on any atom is 0.329 e. The SMILES string of the molecule is Cc1cc(Nc2nccc(-c3cc(C#N)c4c(c3)[C@@](C)(CO[Si](C)(C)C(C)(C)C)CN4[B]C=O)n2)n(CC(=O)N2CCCC2)n1. The molecule has 1 N–H and O–H groups in total. The Kier molecular flexibility index (Phi) is 8.93. The maximum atomic E-state index is 12.8. The van der Waals surface area contributed by atoms with E-state index in [2.05, 4.69) is 68.3 Å². The van der Waals surface area contributed by atoms with Gasteiger partial charge in [0, 0.05) is 55.2 Å². The highest BCUT2D eigenvalue weighted by atomic mass is 28.4. The minimum absolute atomic E-state index is 0.0388. The number of amides is 1. The van der Waals surface area contributed by atoms with Crippen molar-refractivity contribution in [3.05, 3.63) is 47.3 Å². The molecule has 2 aliphatic rings. The van der Waals surface area contributed by atoms with Crippen LogP contribution in [0.25, 0.3) is 11.3 Å². The second-order valence-corrected chi connectivity index (χ2v) is 18.7. The molecular weight excluding hydrogens is 583 g/mol. The summed E-state index contributed by atoms with van der Waals surface area (Å²) >= 11 is 0. The number of anilines is 3. The third kappa shape index (κ3) is 6.67. The summed E-state index contributed by atoms with van der Waals surface area (Å²) in [7, 11) is -0.580. The van der Waals surface area contributed by atoms with E-state index in [1.165, 1.54) is 7.41 Å². The first kappa shape index (κ1) is 32.4. The van der Waals surface area contributed by atoms with E-state index < -0.39 is 13.7 Å². The van der Waals surface area contributed by atoms with Gasteiger partial charge in [0.15, 0.2) is 8.32 Å². The van der Waals surface area contributed by atoms with Gasteiger partial charge in [0.05, 0.1) is 17.0 Å². The van der Waals surface area contributed by atoms with Crippen LogP contribution < -0.4 is 10.1 Å². The fourth-order valence-electron chi connectivity index (χ4n) is 5.71. The number of nitrogens with zero attached hydrogens (tertiary/aromatic N) is 7. The van der Waals surface area contributed by atoms with Crippen LogP contribution in [-0.2, 0) is 26.0 Å². The molecule has 0 unspecified atom stereocenters. The highest BCUT2D eigenvalue weighted by Crippen LogP contribution is 2.46. The summed E-state index contributed by atoms with van der Waals surface area (Å²) in [6.45, 7) is 17.8. The van der Waals surface area contributed by atoms with Crippen molar-refractivity contribution in [1.29, 1.82) is 5.26 Å². The molecule has 0 saturated carbocycles. The third-order valence-corrected chi connectivity index (χ3v) is 13.8. The van der Waals surface area contributed by atoms with Gasteiger partial charge in [-0.05, 0) is 61.7 Å². The Hall–Kier alpha value is -4.02. The smallest absolute Gasteiger partial charge is 0.329 e. The molecule has 1 amide bonds. The standard InChI is InChI=1S/C32H42BN8O3Si/c1-22-14-27(41(38-22)18-28(43)39-12-8-9-13-39)37-30-35-11-10-26(36-30)23-15-24(17-34)29-25(16-23)32(5,19-40(29)33-21-42)20-44-45(6,7)31(2,3)4/h10-11,14-16,21H,8-9,12-13,18-20H2,1-7H3,(H,35,36,37)/t32-/m1/s1. The molecule has 2 aromatic heterocycles. The Bertz CT molecular complexity index is 1640. The maximum absolute atomic E-state index is 12.8. The van der Waals surface area contributed by atoms with Gasteiger partial charge in [-0.25, -0.2) is 14.6 Å². The summed E-state index contributed by atoms with van der Waals surface area (Å²) in [6, 6.07) is 9.88. The summed E-state index contributed by atoms with van der Waals surface area (Å²) < 4.78 is 8.35. The molecule has 2 aliphatic heterocycles. The Balaban J connectivity index is 1.46. The number of hydrogen-bond donors (Lipinski definition) is 1. The zero-order valence-electron chi connectivity index (χ0n) is 27.3. The van der Waals surface area contributed by atoms with Crippen molar-refractivity contribution in [2.24, 2.45) is 0 Å². The van der Waals surface area contributed by atoms with E-state index in [0.717, 1.165) is 54.6 Å². The van der Waals surface area contributed by atoms with Crippen LogP contribution >= 0.6 is 0 Å². The monoisotopic (exact) mass is 625 g/mol. The number of benzene rings is 1. The molecule has 4 heterocycles. The largest absolute Gasteiger partial charge is 0.416 e. The molecule has 0 bridgehead atoms. The molecule has 0 aliphatic carbocycles. The number of carbonyl (C=O) groups is 2. The molecule has 1 saturated heterocycles. The molecule has 11 nitrogen and oxygen atoms in total. The van der Waals surface area contributed by atoms with Crippen LogP contribution in [0.3, 0.4) is 0 Å². The fourth-order valence-corrected chi connectivity index (χ4v) is 6.83. The minimum Gasteiger partial charge on any atom is -0.416 e. The Labute approximate surface area is 267 Å². The van der Waals surface area contributed by atoms with Crippen LogP contribution in [0, 0.1) is 18.3 Å². The molecular formula is C32H42BN8O3Si. The van der Waals surface area contributed by atoms with Gasteiger partial charge in [-0.1, -0.05) is 27.7 Å². The summed E-state index contributed by atoms with van der Waals surface area (Å²) in [5.41, 5.74) is 3.82. The van der Waals surface area contributed by atoms with Crippen molar-refractivity contribution >= 4 is 45.3 Å². The number of carbonyl (C=O) groups excluding carboxylic acids is 2. The molecule has 5 rings (SSSR count). The lowest BCUT2D eigenvalue weighted by molar-refractivity contribution is -0.130. The average Bonchev–Trinajstić information content (AvgIpc) is 3.71. The summed E-state index contributed by atoms with van der Waals surface area (Å²) in [6.07, 6.45) is 4.48. The molecule has 45 heavy (non-hydrogen) atoms. The number of likely N-dealkylation sites (tertiary alicyclic amines) is 1. The van der Waals surface area contributed by atoms with Crippen LogP contribution in [-0.4, -0.2) is 78.7 Å². The first-order chi connectivity index (χ1) is 21.2. The highest BCUT2D eigenvalue weighted by molar-refractivity contribution is 6.74. The van der Waals surface area contributed by atoms with E-state index in [1.54, 1.807) is 23.0 Å². The van der Waals surface area contributed by atoms with Crippen LogP contribution in [0.2, 0.25) is 18.1 Å². The molecule has 1 atom stereocenters. The van der Waals surface area contributed by atoms with E-state index in [1.807, 2.05) is 22.7 Å². The third-order valence-electron chi connectivity index (χ3n) is 9.32. The first-order valence-corrected chi connectivity index (χ1v) is 18.4. The van der Waals surface area contributed by atoms with Crippen molar-refractivity contribution < 1.29 is 14.0 Å². The van der Waals surface area contributed by atoms with Gasteiger partial charge < -0.3 is 24.2 Å². The molecule has 235 valence electrons. The van der Waals surface area contributed by atoms with Crippen molar-refractivity contribution in [3.8, 4) is 17.3 Å². The predicted molar refractivity (Wildman–Crippen MR) is 179 cm³/mol. The van der Waals surface area contributed by atoms with Crippen molar-refractivity contribution in [3.63, 3.8) is 0 Å². The lowest BCUT2D eigenvalue weighted by Crippen LogP contribution is -2.46. The summed E-state index contributed by atoms with van der Waals surface area (Å²) in [5, 5.41) is 18.0. The van der Waals surface area contributed by atoms with E-state index in [-0.39, 0.29) is 17.5 Å². The number of aryl methyl sites for hydroxylation is 1. The molecule has 1 aromatic carbocycles. The van der Waals surface area contributed by atoms with E-state index in [0.29, 0.717) is 36.2 Å². The number of aromatic nitrogens is 4. The minimum atomic E-state index is -2.07. The van der Waals surface area contributed by atoms with Gasteiger partial charge in [-0.3, -0.25) is 4.79 Å². The van der Waals surface area contributed by atoms with Gasteiger partial charge in [-0.2, -0.15) is 10.4 Å². The van der Waals surface area contributed by atoms with Crippen molar-refractivity contribution in [2.75, 3.05) is 36.4 Å². The number of nitrogens with one attached hydrogen (secondary N) is 1. The van der Waals surface area contributed by atoms with Gasteiger partial charge in [0.2, 0.25) is 11.9 Å². The summed E-state index contributed by atoms with van der Waals surface area (Å²) in [5.74, 6) is 1.01. The normalized spacial score (nSPS) is 18.1. The lowest BCUT2D eigenvalue weighted by atomic mass is 9.83. The quantitative estimate of drug-likeness (QED) is 0.250. The zero-order valence-corrected chi connectivity index (χ0v) is 28.3. The number of hydrogen-bond acceptors (Lipinski definition) is 9. The highest BCUT2D eigenvalue weighted by Gasteiger charge is 2.44. The second-order valence-electron chi connectivity index (χ2n) is 13.9. The van der Waals surface area contributed by atoms with Crippen molar-refractivity contribution in [1.82, 2.24) is 24.6 Å². The predicted octanol–water partition coefficient (Wildman–Crippen LogP) is 4.80. The van der Waals surface area contributed by atoms with Gasteiger partial charge in [-0.15, -0.1) is 0 Å². The molecule has 13 heteroatoms. The molecule has 0 spiro atoms. The van der Waals surface area contributed by atoms with E-state index in [4.69, 9.17) is 9.41 Å². The molecule has 3 aromatic rings.